The minimum Gasteiger partial charge on any atom is -0.493 e. The fraction of sp³-hybridized carbons (Fsp3) is 0.273. The smallest absolute Gasteiger partial charge is 0.337 e. The number of carbonyl (C=O) groups is 2. The van der Waals surface area contributed by atoms with Gasteiger partial charge >= 0.3 is 12.0 Å². The molecular formula is C33H35N5O8. The lowest BCUT2D eigenvalue weighted by Gasteiger charge is -2.28. The van der Waals surface area contributed by atoms with Gasteiger partial charge in [-0.2, -0.15) is 10.4 Å². The van der Waals surface area contributed by atoms with Crippen molar-refractivity contribution in [2.45, 2.75) is 32.7 Å². The van der Waals surface area contributed by atoms with Crippen molar-refractivity contribution in [2.75, 3.05) is 27.4 Å². The highest BCUT2D eigenvalue weighted by Crippen LogP contribution is 2.35. The van der Waals surface area contributed by atoms with Crippen LogP contribution in [0.1, 0.15) is 42.1 Å². The monoisotopic (exact) mass is 629 g/mol. The highest BCUT2D eigenvalue weighted by atomic mass is 16.5. The molecule has 1 heterocycles. The first kappa shape index (κ1) is 33.2. The van der Waals surface area contributed by atoms with E-state index in [1.165, 1.54) is 20.4 Å². The van der Waals surface area contributed by atoms with Gasteiger partial charge in [-0.1, -0.05) is 24.3 Å². The van der Waals surface area contributed by atoms with Gasteiger partial charge in [0, 0.05) is 11.3 Å². The summed E-state index contributed by atoms with van der Waals surface area (Å²) in [6.45, 7) is 3.78. The molecule has 3 aromatic rings. The number of amides is 2. The predicted molar refractivity (Wildman–Crippen MR) is 167 cm³/mol. The van der Waals surface area contributed by atoms with Crippen LogP contribution >= 0.6 is 0 Å². The van der Waals surface area contributed by atoms with Crippen LogP contribution in [0, 0.1) is 11.3 Å². The number of nitrogens with one attached hydrogen (secondary N) is 3. The van der Waals surface area contributed by atoms with E-state index >= 15 is 0 Å². The van der Waals surface area contributed by atoms with Gasteiger partial charge < -0.3 is 39.4 Å². The number of methoxy groups -OCH3 is 2. The van der Waals surface area contributed by atoms with Crippen LogP contribution in [-0.2, 0) is 16.1 Å². The number of nitriles is 1. The number of allylic oxidation sites excluding steroid dienone is 1. The summed E-state index contributed by atoms with van der Waals surface area (Å²) in [5.74, 6) is 1.09. The minimum atomic E-state index is -1.17. The number of aliphatic hydroxyl groups excluding tert-OH is 1. The number of aliphatic hydroxyl groups is 1. The molecule has 1 aliphatic heterocycles. The van der Waals surface area contributed by atoms with Crippen molar-refractivity contribution in [3.8, 4) is 29.1 Å². The summed E-state index contributed by atoms with van der Waals surface area (Å²) >= 11 is 0. The van der Waals surface area contributed by atoms with E-state index < -0.39 is 24.3 Å². The second kappa shape index (κ2) is 15.8. The van der Waals surface area contributed by atoms with Crippen molar-refractivity contribution >= 4 is 18.2 Å². The Kier molecular flexibility index (Phi) is 11.4. The van der Waals surface area contributed by atoms with E-state index in [0.717, 1.165) is 5.56 Å². The molecule has 13 nitrogen and oxygen atoms in total. The molecule has 0 fully saturated rings. The molecule has 240 valence electrons. The topological polar surface area (TPSA) is 173 Å². The first-order valence-electron chi connectivity index (χ1n) is 14.3. The van der Waals surface area contributed by atoms with Gasteiger partial charge in [0.15, 0.2) is 29.2 Å². The third kappa shape index (κ3) is 8.25. The predicted octanol–water partition coefficient (Wildman–Crippen LogP) is 3.67. The fourth-order valence-electron chi connectivity index (χ4n) is 4.61. The molecule has 0 unspecified atom stereocenters. The van der Waals surface area contributed by atoms with Crippen LogP contribution < -0.4 is 35.0 Å². The molecule has 0 aromatic heterocycles. The Morgan fingerprint density at radius 3 is 2.57 bits per heavy atom. The third-order valence-corrected chi connectivity index (χ3v) is 6.82. The zero-order valence-electron chi connectivity index (χ0n) is 25.8. The number of ether oxygens (including phenoxy) is 5. The Balaban J connectivity index is 1.37. The van der Waals surface area contributed by atoms with E-state index in [1.54, 1.807) is 62.4 Å². The first-order chi connectivity index (χ1) is 22.3. The lowest BCUT2D eigenvalue weighted by molar-refractivity contribution is -0.136. The molecule has 4 N–H and O–H groups in total. The lowest BCUT2D eigenvalue weighted by Crippen LogP contribution is -2.45. The minimum absolute atomic E-state index is 0.173. The average molecular weight is 630 g/mol. The highest BCUT2D eigenvalue weighted by Gasteiger charge is 2.32. The second-order valence-corrected chi connectivity index (χ2v) is 9.88. The summed E-state index contributed by atoms with van der Waals surface area (Å²) in [6.07, 6.45) is 0.332. The summed E-state index contributed by atoms with van der Waals surface area (Å²) in [7, 11) is 2.79. The van der Waals surface area contributed by atoms with Crippen molar-refractivity contribution in [2.24, 2.45) is 5.10 Å². The summed E-state index contributed by atoms with van der Waals surface area (Å²) in [6, 6.07) is 18.3. The number of benzene rings is 3. The Bertz CT molecular complexity index is 1670. The SMILES string of the molecule is CCOc1cc([C@@H]2NC(=O)NC(C)=C2C(=O)OC)ccc1OC[C@@H](O)N/N=C\c1ccc(OCc2ccccc2C#N)c(OC)c1. The number of hydrogen-bond acceptors (Lipinski definition) is 11. The molecule has 2 amide bonds. The third-order valence-electron chi connectivity index (χ3n) is 6.82. The Morgan fingerprint density at radius 1 is 1.07 bits per heavy atom. The number of carbonyl (C=O) groups excluding carboxylic acids is 2. The molecule has 0 spiro atoms. The number of urea groups is 1. The zero-order chi connectivity index (χ0) is 33.1. The molecular weight excluding hydrogens is 594 g/mol. The number of nitrogens with zero attached hydrogens (tertiary/aromatic N) is 2. The Hall–Kier alpha value is -5.74. The van der Waals surface area contributed by atoms with Crippen LogP contribution in [0.5, 0.6) is 23.0 Å². The highest BCUT2D eigenvalue weighted by molar-refractivity contribution is 5.95. The van der Waals surface area contributed by atoms with Crippen LogP contribution in [0.25, 0.3) is 0 Å². The summed E-state index contributed by atoms with van der Waals surface area (Å²) in [5.41, 5.74) is 5.81. The summed E-state index contributed by atoms with van der Waals surface area (Å²) in [4.78, 5) is 24.6. The quantitative estimate of drug-likeness (QED) is 0.0892. The van der Waals surface area contributed by atoms with Crippen LogP contribution in [0.15, 0.2) is 77.0 Å². The zero-order valence-corrected chi connectivity index (χ0v) is 25.8. The Labute approximate surface area is 266 Å². The van der Waals surface area contributed by atoms with Gasteiger partial charge in [-0.25, -0.2) is 9.59 Å². The molecule has 0 radical (unpaired) electrons. The van der Waals surface area contributed by atoms with Crippen LogP contribution in [0.3, 0.4) is 0 Å². The second-order valence-electron chi connectivity index (χ2n) is 9.88. The van der Waals surface area contributed by atoms with Crippen molar-refractivity contribution in [1.82, 2.24) is 16.1 Å². The van der Waals surface area contributed by atoms with Gasteiger partial charge in [0.1, 0.15) is 13.2 Å². The number of esters is 1. The molecule has 4 rings (SSSR count). The van der Waals surface area contributed by atoms with Gasteiger partial charge in [-0.3, -0.25) is 5.43 Å². The van der Waals surface area contributed by atoms with Crippen molar-refractivity contribution in [3.63, 3.8) is 0 Å². The molecule has 13 heteroatoms. The maximum absolute atomic E-state index is 12.4. The molecule has 46 heavy (non-hydrogen) atoms. The van der Waals surface area contributed by atoms with Crippen molar-refractivity contribution < 1.29 is 38.4 Å². The maximum atomic E-state index is 12.4. The normalized spacial score (nSPS) is 14.9. The molecule has 0 aliphatic carbocycles. The van der Waals surface area contributed by atoms with Gasteiger partial charge in [-0.15, -0.1) is 0 Å². The van der Waals surface area contributed by atoms with E-state index in [4.69, 9.17) is 23.7 Å². The number of hydrogen-bond donors (Lipinski definition) is 4. The van der Waals surface area contributed by atoms with Gasteiger partial charge in [0.05, 0.1) is 50.3 Å². The molecule has 0 bridgehead atoms. The maximum Gasteiger partial charge on any atom is 0.337 e. The lowest BCUT2D eigenvalue weighted by atomic mass is 9.95. The number of hydrazone groups is 1. The Morgan fingerprint density at radius 2 is 1.83 bits per heavy atom. The van der Waals surface area contributed by atoms with E-state index in [-0.39, 0.29) is 18.8 Å². The average Bonchev–Trinajstić information content (AvgIpc) is 3.06. The van der Waals surface area contributed by atoms with Crippen molar-refractivity contribution in [3.05, 3.63) is 94.2 Å². The van der Waals surface area contributed by atoms with Gasteiger partial charge in [0.25, 0.3) is 0 Å². The molecule has 1 aliphatic rings. The van der Waals surface area contributed by atoms with Gasteiger partial charge in [0.2, 0.25) is 0 Å². The van der Waals surface area contributed by atoms with Crippen LogP contribution in [-0.4, -0.2) is 57.0 Å². The number of rotatable bonds is 14. The standard InChI is InChI=1S/C33H35N5O8/c1-5-44-28-15-22(31-30(32(40)43-4)20(2)36-33(41)37-31)11-13-26(28)46-19-29(39)38-35-17-21-10-12-25(27(14-21)42-3)45-18-24-9-7-6-8-23(24)16-34/h6-15,17,29,31,38-39H,5,18-19H2,1-4H3,(H2,36,37,41)/b35-17-/t29-,31+/m1/s1. The molecule has 2 atom stereocenters. The van der Waals surface area contributed by atoms with Crippen LogP contribution in [0.4, 0.5) is 4.79 Å². The van der Waals surface area contributed by atoms with Crippen molar-refractivity contribution in [1.29, 1.82) is 5.26 Å². The first-order valence-corrected chi connectivity index (χ1v) is 14.3. The largest absolute Gasteiger partial charge is 0.493 e. The fourth-order valence-corrected chi connectivity index (χ4v) is 4.61. The van der Waals surface area contributed by atoms with E-state index in [2.05, 4.69) is 27.2 Å². The van der Waals surface area contributed by atoms with E-state index in [0.29, 0.717) is 52.0 Å². The van der Waals surface area contributed by atoms with E-state index in [1.807, 2.05) is 12.1 Å². The van der Waals surface area contributed by atoms with Crippen LogP contribution in [0.2, 0.25) is 0 Å². The molecule has 3 aromatic carbocycles. The van der Waals surface area contributed by atoms with Gasteiger partial charge in [-0.05, 0) is 61.4 Å². The summed E-state index contributed by atoms with van der Waals surface area (Å²) in [5, 5.41) is 29.1. The molecule has 0 saturated carbocycles. The van der Waals surface area contributed by atoms with E-state index in [9.17, 15) is 20.0 Å². The summed E-state index contributed by atoms with van der Waals surface area (Å²) < 4.78 is 27.8. The molecule has 0 saturated heterocycles.